The van der Waals surface area contributed by atoms with E-state index in [1.807, 2.05) is 23.8 Å². The molecule has 17 heavy (non-hydrogen) atoms. The third kappa shape index (κ3) is 4.52. The van der Waals surface area contributed by atoms with Gasteiger partial charge in [0.2, 0.25) is 0 Å². The number of aromatic nitrogens is 1. The van der Waals surface area contributed by atoms with Gasteiger partial charge in [-0.05, 0) is 28.9 Å². The highest BCUT2D eigenvalue weighted by molar-refractivity contribution is 9.10. The molecule has 96 valence electrons. The monoisotopic (exact) mass is 301 g/mol. The molecule has 4 nitrogen and oxygen atoms in total. The van der Waals surface area contributed by atoms with Crippen molar-refractivity contribution >= 4 is 21.8 Å². The second-order valence-corrected chi connectivity index (χ2v) is 5.11. The topological polar surface area (TPSA) is 46.1 Å². The van der Waals surface area contributed by atoms with E-state index >= 15 is 0 Å². The average Bonchev–Trinajstić information content (AvgIpc) is 2.65. The molecule has 0 fully saturated rings. The van der Waals surface area contributed by atoms with Crippen molar-refractivity contribution in [2.24, 2.45) is 0 Å². The summed E-state index contributed by atoms with van der Waals surface area (Å²) in [5, 5.41) is 6.15. The first-order valence-electron chi connectivity index (χ1n) is 5.91. The average molecular weight is 302 g/mol. The predicted molar refractivity (Wildman–Crippen MR) is 73.3 cm³/mol. The third-order valence-corrected chi connectivity index (χ3v) is 2.83. The lowest BCUT2D eigenvalue weighted by Crippen LogP contribution is -2.35. The molecule has 1 amide bonds. The Morgan fingerprint density at radius 1 is 1.47 bits per heavy atom. The van der Waals surface area contributed by atoms with Crippen molar-refractivity contribution in [3.05, 3.63) is 22.4 Å². The van der Waals surface area contributed by atoms with Crippen molar-refractivity contribution in [3.63, 3.8) is 0 Å². The van der Waals surface area contributed by atoms with Gasteiger partial charge in [0, 0.05) is 36.3 Å². The van der Waals surface area contributed by atoms with Crippen molar-refractivity contribution in [2.45, 2.75) is 33.4 Å². The summed E-state index contributed by atoms with van der Waals surface area (Å²) in [6.07, 6.45) is 1.92. The van der Waals surface area contributed by atoms with Gasteiger partial charge in [0.25, 0.3) is 5.91 Å². The first-order chi connectivity index (χ1) is 8.04. The molecule has 1 rings (SSSR count). The maximum atomic E-state index is 11.9. The molecule has 5 heteroatoms. The molecule has 0 atom stereocenters. The van der Waals surface area contributed by atoms with E-state index in [9.17, 15) is 4.79 Å². The van der Waals surface area contributed by atoms with Crippen LogP contribution in [0, 0.1) is 0 Å². The van der Waals surface area contributed by atoms with Crippen molar-refractivity contribution in [2.75, 3.05) is 13.1 Å². The second kappa shape index (κ2) is 6.81. The van der Waals surface area contributed by atoms with Gasteiger partial charge in [0.15, 0.2) is 0 Å². The molecule has 0 aromatic carbocycles. The van der Waals surface area contributed by atoms with Crippen LogP contribution in [0.15, 0.2) is 16.7 Å². The van der Waals surface area contributed by atoms with Gasteiger partial charge in [-0.2, -0.15) is 0 Å². The fraction of sp³-hybridized carbons (Fsp3) is 0.583. The Balaban J connectivity index is 2.46. The summed E-state index contributed by atoms with van der Waals surface area (Å²) in [4.78, 5) is 11.9. The summed E-state index contributed by atoms with van der Waals surface area (Å²) in [6.45, 7) is 8.41. The van der Waals surface area contributed by atoms with Crippen LogP contribution in [0.25, 0.3) is 0 Å². The van der Waals surface area contributed by atoms with Gasteiger partial charge in [-0.25, -0.2) is 0 Å². The summed E-state index contributed by atoms with van der Waals surface area (Å²) in [6, 6.07) is 2.29. The van der Waals surface area contributed by atoms with Crippen LogP contribution >= 0.6 is 15.9 Å². The molecule has 0 unspecified atom stereocenters. The predicted octanol–water partition coefficient (Wildman–Crippen LogP) is 2.00. The highest BCUT2D eigenvalue weighted by Gasteiger charge is 2.11. The van der Waals surface area contributed by atoms with E-state index in [0.717, 1.165) is 17.6 Å². The van der Waals surface area contributed by atoms with Gasteiger partial charge in [-0.15, -0.1) is 0 Å². The first kappa shape index (κ1) is 14.3. The van der Waals surface area contributed by atoms with Crippen molar-refractivity contribution in [1.29, 1.82) is 0 Å². The summed E-state index contributed by atoms with van der Waals surface area (Å²) >= 11 is 3.38. The largest absolute Gasteiger partial charge is 0.349 e. The van der Waals surface area contributed by atoms with Crippen molar-refractivity contribution in [1.82, 2.24) is 15.2 Å². The van der Waals surface area contributed by atoms with E-state index in [2.05, 4.69) is 40.4 Å². The molecule has 1 aromatic heterocycles. The number of nitrogens with one attached hydrogen (secondary N) is 2. The molecule has 2 N–H and O–H groups in total. The van der Waals surface area contributed by atoms with Crippen LogP contribution in [0.4, 0.5) is 0 Å². The van der Waals surface area contributed by atoms with Crippen LogP contribution in [0.1, 0.15) is 31.3 Å². The van der Waals surface area contributed by atoms with E-state index in [-0.39, 0.29) is 5.91 Å². The Morgan fingerprint density at radius 3 is 2.76 bits per heavy atom. The van der Waals surface area contributed by atoms with Crippen LogP contribution < -0.4 is 10.6 Å². The zero-order valence-electron chi connectivity index (χ0n) is 10.6. The Hall–Kier alpha value is -0.810. The SMILES string of the molecule is CCn1cc(Br)cc1C(=O)NCCNC(C)C. The molecule has 0 saturated heterocycles. The Bertz CT molecular complexity index is 374. The summed E-state index contributed by atoms with van der Waals surface area (Å²) in [5.41, 5.74) is 0.698. The summed E-state index contributed by atoms with van der Waals surface area (Å²) in [7, 11) is 0. The molecule has 1 aromatic rings. The van der Waals surface area contributed by atoms with E-state index in [1.54, 1.807) is 0 Å². The van der Waals surface area contributed by atoms with Gasteiger partial charge in [0.1, 0.15) is 5.69 Å². The van der Waals surface area contributed by atoms with Crippen LogP contribution in [0.5, 0.6) is 0 Å². The number of rotatable bonds is 6. The molecule has 0 spiro atoms. The van der Waals surface area contributed by atoms with E-state index < -0.39 is 0 Å². The van der Waals surface area contributed by atoms with Crippen molar-refractivity contribution in [3.8, 4) is 0 Å². The molecular formula is C12H20BrN3O. The number of carbonyl (C=O) groups excluding carboxylic acids is 1. The molecule has 0 aliphatic rings. The van der Waals surface area contributed by atoms with Crippen molar-refractivity contribution < 1.29 is 4.79 Å². The lowest BCUT2D eigenvalue weighted by molar-refractivity contribution is 0.0944. The highest BCUT2D eigenvalue weighted by atomic mass is 79.9. The summed E-state index contributed by atoms with van der Waals surface area (Å²) < 4.78 is 2.86. The molecule has 0 radical (unpaired) electrons. The zero-order valence-corrected chi connectivity index (χ0v) is 12.2. The highest BCUT2D eigenvalue weighted by Crippen LogP contribution is 2.14. The molecule has 0 aliphatic carbocycles. The Labute approximate surface area is 111 Å². The maximum absolute atomic E-state index is 11.9. The van der Waals surface area contributed by atoms with Crippen LogP contribution in [-0.2, 0) is 6.54 Å². The van der Waals surface area contributed by atoms with Gasteiger partial charge in [-0.1, -0.05) is 13.8 Å². The number of carbonyl (C=O) groups is 1. The van der Waals surface area contributed by atoms with Gasteiger partial charge in [-0.3, -0.25) is 4.79 Å². The molecule has 0 saturated carbocycles. The quantitative estimate of drug-likeness (QED) is 0.790. The fourth-order valence-corrected chi connectivity index (χ4v) is 2.02. The normalized spacial score (nSPS) is 10.9. The minimum absolute atomic E-state index is 0.0249. The van der Waals surface area contributed by atoms with Crippen LogP contribution in [0.2, 0.25) is 0 Å². The Morgan fingerprint density at radius 2 is 2.18 bits per heavy atom. The number of aryl methyl sites for hydroxylation is 1. The fourth-order valence-electron chi connectivity index (χ4n) is 1.55. The van der Waals surface area contributed by atoms with Crippen LogP contribution in [-0.4, -0.2) is 29.6 Å². The number of halogens is 1. The summed E-state index contributed by atoms with van der Waals surface area (Å²) in [5.74, 6) is -0.0249. The van der Waals surface area contributed by atoms with Gasteiger partial charge >= 0.3 is 0 Å². The lowest BCUT2D eigenvalue weighted by Gasteiger charge is -2.10. The second-order valence-electron chi connectivity index (χ2n) is 4.19. The van der Waals surface area contributed by atoms with E-state index in [0.29, 0.717) is 18.3 Å². The minimum atomic E-state index is -0.0249. The Kier molecular flexibility index (Phi) is 5.71. The lowest BCUT2D eigenvalue weighted by atomic mass is 10.3. The maximum Gasteiger partial charge on any atom is 0.267 e. The van der Waals surface area contributed by atoms with Crippen LogP contribution in [0.3, 0.4) is 0 Å². The molecule has 0 aliphatic heterocycles. The van der Waals surface area contributed by atoms with E-state index in [4.69, 9.17) is 0 Å². The number of amides is 1. The standard InChI is InChI=1S/C12H20BrN3O/c1-4-16-8-10(13)7-11(16)12(17)15-6-5-14-9(2)3/h7-9,14H,4-6H2,1-3H3,(H,15,17). The molecule has 1 heterocycles. The number of nitrogens with zero attached hydrogens (tertiary/aromatic N) is 1. The minimum Gasteiger partial charge on any atom is -0.349 e. The smallest absolute Gasteiger partial charge is 0.267 e. The van der Waals surface area contributed by atoms with E-state index in [1.165, 1.54) is 0 Å². The van der Waals surface area contributed by atoms with Gasteiger partial charge < -0.3 is 15.2 Å². The number of hydrogen-bond donors (Lipinski definition) is 2. The third-order valence-electron chi connectivity index (χ3n) is 2.40. The van der Waals surface area contributed by atoms with Gasteiger partial charge in [0.05, 0.1) is 0 Å². The first-order valence-corrected chi connectivity index (χ1v) is 6.71. The molecule has 0 bridgehead atoms. The zero-order chi connectivity index (χ0) is 12.8. The molecular weight excluding hydrogens is 282 g/mol. The number of hydrogen-bond acceptors (Lipinski definition) is 2.